The van der Waals surface area contributed by atoms with Crippen LogP contribution in [-0.4, -0.2) is 62.9 Å². The van der Waals surface area contributed by atoms with Gasteiger partial charge in [-0.25, -0.2) is 0 Å². The van der Waals surface area contributed by atoms with E-state index in [-0.39, 0.29) is 5.91 Å². The minimum absolute atomic E-state index is 0.146. The van der Waals surface area contributed by atoms with Crippen LogP contribution < -0.4 is 35.2 Å². The molecular weight excluding hydrogens is 558 g/mol. The molecule has 11 nitrogen and oxygen atoms in total. The number of nitrogens with one attached hydrogen (secondary N) is 3. The Hall–Kier alpha value is -5.03. The summed E-state index contributed by atoms with van der Waals surface area (Å²) in [6, 6.07) is 21.8. The molecule has 6 rings (SSSR count). The highest BCUT2D eigenvalue weighted by atomic mass is 16.5. The number of aromatic nitrogens is 2. The molecule has 0 unspecified atom stereocenters. The van der Waals surface area contributed by atoms with Crippen molar-refractivity contribution in [3.8, 4) is 11.5 Å². The number of carbonyl (C=O) groups excluding carboxylic acids is 1. The molecule has 44 heavy (non-hydrogen) atoms. The van der Waals surface area contributed by atoms with Gasteiger partial charge in [0, 0.05) is 50.4 Å². The van der Waals surface area contributed by atoms with Crippen molar-refractivity contribution in [1.82, 2.24) is 9.97 Å². The van der Waals surface area contributed by atoms with Crippen molar-refractivity contribution in [3.63, 3.8) is 0 Å². The fourth-order valence-corrected chi connectivity index (χ4v) is 5.52. The van der Waals surface area contributed by atoms with E-state index in [1.165, 1.54) is 6.92 Å². The van der Waals surface area contributed by atoms with E-state index < -0.39 is 0 Å². The van der Waals surface area contributed by atoms with Crippen LogP contribution >= 0.6 is 0 Å². The van der Waals surface area contributed by atoms with Crippen molar-refractivity contribution in [2.45, 2.75) is 19.9 Å². The Morgan fingerprint density at radius 1 is 0.886 bits per heavy atom. The Morgan fingerprint density at radius 3 is 2.39 bits per heavy atom. The molecule has 0 spiro atoms. The lowest BCUT2D eigenvalue weighted by atomic mass is 10.2. The van der Waals surface area contributed by atoms with E-state index in [2.05, 4.69) is 43.9 Å². The Labute approximate surface area is 257 Å². The highest BCUT2D eigenvalue weighted by molar-refractivity contribution is 5.93. The quantitative estimate of drug-likeness (QED) is 0.222. The number of hydrogen-bond donors (Lipinski definition) is 3. The topological polar surface area (TPSA) is 113 Å². The van der Waals surface area contributed by atoms with E-state index in [4.69, 9.17) is 24.2 Å². The lowest BCUT2D eigenvalue weighted by Crippen LogP contribution is -2.36. The molecule has 2 aliphatic rings. The van der Waals surface area contributed by atoms with Gasteiger partial charge in [-0.15, -0.1) is 0 Å². The van der Waals surface area contributed by atoms with Crippen molar-refractivity contribution in [1.29, 1.82) is 0 Å². The minimum atomic E-state index is -0.146. The van der Waals surface area contributed by atoms with Gasteiger partial charge < -0.3 is 40.0 Å². The maximum absolute atomic E-state index is 11.9. The second-order valence-corrected chi connectivity index (χ2v) is 10.7. The summed E-state index contributed by atoms with van der Waals surface area (Å²) in [6.45, 7) is 6.06. The van der Waals surface area contributed by atoms with Crippen LogP contribution in [0.1, 0.15) is 18.1 Å². The number of amides is 1. The number of morpholine rings is 1. The van der Waals surface area contributed by atoms with Crippen LogP contribution in [0.3, 0.4) is 0 Å². The Bertz CT molecular complexity index is 1620. The van der Waals surface area contributed by atoms with Crippen molar-refractivity contribution in [3.05, 3.63) is 77.9 Å². The molecule has 3 N–H and O–H groups in total. The zero-order valence-electron chi connectivity index (χ0n) is 25.2. The summed E-state index contributed by atoms with van der Waals surface area (Å²) in [6.07, 6.45) is 0.772. The number of rotatable bonds is 10. The standard InChI is InChI=1S/C33H37N7O4/c1-22(41)34-27-6-4-5-7-28(27)35-31-26-14-15-40(21-23-8-11-25(42-2)12-9-23)32(26)38-33(37-31)36-29-13-10-24(20-30(29)43-3)39-16-18-44-19-17-39/h4-13,20H,14-19,21H2,1-3H3,(H,34,41)(H2,35,36,37,38). The summed E-state index contributed by atoms with van der Waals surface area (Å²) in [7, 11) is 3.33. The number of hydrogen-bond acceptors (Lipinski definition) is 10. The minimum Gasteiger partial charge on any atom is -0.497 e. The fraction of sp³-hybridized carbons (Fsp3) is 0.303. The number of anilines is 7. The third-order valence-electron chi connectivity index (χ3n) is 7.75. The van der Waals surface area contributed by atoms with Gasteiger partial charge in [-0.05, 0) is 48.4 Å². The fourth-order valence-electron chi connectivity index (χ4n) is 5.52. The van der Waals surface area contributed by atoms with Crippen molar-refractivity contribution < 1.29 is 19.0 Å². The zero-order valence-corrected chi connectivity index (χ0v) is 25.2. The second kappa shape index (κ2) is 13.1. The lowest BCUT2D eigenvalue weighted by Gasteiger charge is -2.29. The number of para-hydroxylation sites is 2. The molecule has 1 fully saturated rings. The number of ether oxygens (including phenoxy) is 3. The van der Waals surface area contributed by atoms with Gasteiger partial charge >= 0.3 is 0 Å². The highest BCUT2D eigenvalue weighted by Gasteiger charge is 2.27. The van der Waals surface area contributed by atoms with E-state index >= 15 is 0 Å². The number of methoxy groups -OCH3 is 2. The maximum atomic E-state index is 11.9. The van der Waals surface area contributed by atoms with Crippen LogP contribution in [0.15, 0.2) is 66.7 Å². The molecule has 11 heteroatoms. The van der Waals surface area contributed by atoms with E-state index in [9.17, 15) is 4.79 Å². The summed E-state index contributed by atoms with van der Waals surface area (Å²) in [4.78, 5) is 26.4. The SMILES string of the molecule is COc1ccc(CN2CCc3c(Nc4ccccc4NC(C)=O)nc(Nc4ccc(N5CCOCC5)cc4OC)nc32)cc1. The van der Waals surface area contributed by atoms with Gasteiger partial charge in [0.2, 0.25) is 11.9 Å². The first-order valence-electron chi connectivity index (χ1n) is 14.7. The summed E-state index contributed by atoms with van der Waals surface area (Å²) >= 11 is 0. The average molecular weight is 596 g/mol. The summed E-state index contributed by atoms with van der Waals surface area (Å²) in [5.41, 5.74) is 5.42. The molecule has 3 aromatic carbocycles. The van der Waals surface area contributed by atoms with Gasteiger partial charge in [-0.2, -0.15) is 9.97 Å². The van der Waals surface area contributed by atoms with Crippen molar-refractivity contribution in [2.75, 3.05) is 72.8 Å². The molecule has 4 aromatic rings. The molecule has 3 heterocycles. The van der Waals surface area contributed by atoms with Gasteiger partial charge in [-0.3, -0.25) is 4.79 Å². The third kappa shape index (κ3) is 6.47. The van der Waals surface area contributed by atoms with Crippen LogP contribution in [0.25, 0.3) is 0 Å². The van der Waals surface area contributed by atoms with Crippen LogP contribution in [0.2, 0.25) is 0 Å². The molecule has 1 saturated heterocycles. The van der Waals surface area contributed by atoms with Crippen LogP contribution in [0.5, 0.6) is 11.5 Å². The first kappa shape index (κ1) is 29.1. The third-order valence-corrected chi connectivity index (χ3v) is 7.75. The smallest absolute Gasteiger partial charge is 0.231 e. The van der Waals surface area contributed by atoms with Gasteiger partial charge in [-0.1, -0.05) is 24.3 Å². The molecular formula is C33H37N7O4. The largest absolute Gasteiger partial charge is 0.497 e. The normalized spacial score (nSPS) is 14.2. The Morgan fingerprint density at radius 2 is 1.66 bits per heavy atom. The maximum Gasteiger partial charge on any atom is 0.231 e. The molecule has 2 aliphatic heterocycles. The summed E-state index contributed by atoms with van der Waals surface area (Å²) in [5, 5.41) is 9.80. The molecule has 0 atom stereocenters. The second-order valence-electron chi connectivity index (χ2n) is 10.7. The molecule has 0 saturated carbocycles. The molecule has 0 aliphatic carbocycles. The Kier molecular flexibility index (Phi) is 8.64. The molecule has 1 aromatic heterocycles. The number of fused-ring (bicyclic) bond motifs is 1. The number of carbonyl (C=O) groups is 1. The summed E-state index contributed by atoms with van der Waals surface area (Å²) < 4.78 is 16.6. The highest BCUT2D eigenvalue weighted by Crippen LogP contribution is 2.38. The molecule has 1 amide bonds. The van der Waals surface area contributed by atoms with E-state index in [1.807, 2.05) is 48.5 Å². The molecule has 0 bridgehead atoms. The predicted octanol–water partition coefficient (Wildman–Crippen LogP) is 5.34. The van der Waals surface area contributed by atoms with Crippen LogP contribution in [0, 0.1) is 0 Å². The first-order chi connectivity index (χ1) is 21.5. The van der Waals surface area contributed by atoms with Crippen molar-refractivity contribution >= 4 is 46.2 Å². The van der Waals surface area contributed by atoms with Gasteiger partial charge in [0.25, 0.3) is 0 Å². The lowest BCUT2D eigenvalue weighted by molar-refractivity contribution is -0.114. The van der Waals surface area contributed by atoms with Crippen molar-refractivity contribution in [2.24, 2.45) is 0 Å². The average Bonchev–Trinajstić information content (AvgIpc) is 3.45. The Balaban J connectivity index is 1.34. The van der Waals surface area contributed by atoms with Crippen LogP contribution in [0.4, 0.5) is 40.3 Å². The number of nitrogens with zero attached hydrogens (tertiary/aromatic N) is 4. The van der Waals surface area contributed by atoms with Gasteiger partial charge in [0.05, 0.1) is 44.5 Å². The van der Waals surface area contributed by atoms with E-state index in [0.29, 0.717) is 43.0 Å². The predicted molar refractivity (Wildman–Crippen MR) is 173 cm³/mol. The van der Waals surface area contributed by atoms with Gasteiger partial charge in [0.1, 0.15) is 23.1 Å². The molecule has 228 valence electrons. The molecule has 0 radical (unpaired) electrons. The van der Waals surface area contributed by atoms with Crippen LogP contribution in [-0.2, 0) is 22.5 Å². The number of benzene rings is 3. The first-order valence-corrected chi connectivity index (χ1v) is 14.7. The zero-order chi connectivity index (χ0) is 30.5. The van der Waals surface area contributed by atoms with E-state index in [0.717, 1.165) is 65.8 Å². The monoisotopic (exact) mass is 595 g/mol. The van der Waals surface area contributed by atoms with E-state index in [1.54, 1.807) is 14.2 Å². The van der Waals surface area contributed by atoms with Gasteiger partial charge in [0.15, 0.2) is 0 Å². The summed E-state index contributed by atoms with van der Waals surface area (Å²) in [5.74, 6) is 3.33.